The van der Waals surface area contributed by atoms with Crippen LogP contribution in [-0.2, 0) is 14.8 Å². The van der Waals surface area contributed by atoms with Crippen molar-refractivity contribution in [1.82, 2.24) is 4.72 Å². The average Bonchev–Trinajstić information content (AvgIpc) is 2.28. The minimum absolute atomic E-state index is 0.0105. The van der Waals surface area contributed by atoms with Crippen LogP contribution >= 0.6 is 0 Å². The van der Waals surface area contributed by atoms with Crippen molar-refractivity contribution < 1.29 is 17.9 Å². The molecule has 0 heterocycles. The number of nitrogens with one attached hydrogen (secondary N) is 1. The van der Waals surface area contributed by atoms with Crippen molar-refractivity contribution >= 4 is 16.1 Å². The second-order valence-corrected chi connectivity index (χ2v) is 5.45. The highest BCUT2D eigenvalue weighted by atomic mass is 32.2. The average molecular weight is 269 g/mol. The fraction of sp³-hybridized carbons (Fsp3) is 0.250. The van der Waals surface area contributed by atoms with Gasteiger partial charge in [-0.05, 0) is 26.0 Å². The molecule has 5 nitrogen and oxygen atoms in total. The molecule has 0 aliphatic heterocycles. The third-order valence-corrected chi connectivity index (χ3v) is 3.50. The van der Waals surface area contributed by atoms with Crippen molar-refractivity contribution in [3.63, 3.8) is 0 Å². The Bertz CT molecular complexity index is 534. The van der Waals surface area contributed by atoms with E-state index in [1.807, 2.05) is 11.6 Å². The Morgan fingerprint density at radius 2 is 1.94 bits per heavy atom. The molecule has 1 amide bonds. The third-order valence-electron chi connectivity index (χ3n) is 2.17. The molecule has 0 spiro atoms. The van der Waals surface area contributed by atoms with Crippen LogP contribution < -0.4 is 4.72 Å². The maximum absolute atomic E-state index is 11.8. The molecular weight excluding hydrogens is 254 g/mol. The zero-order valence-corrected chi connectivity index (χ0v) is 11.0. The van der Waals surface area contributed by atoms with E-state index in [-0.39, 0.29) is 4.90 Å². The van der Waals surface area contributed by atoms with E-state index in [9.17, 15) is 13.2 Å². The Morgan fingerprint density at radius 3 is 2.44 bits per heavy atom. The van der Waals surface area contributed by atoms with Gasteiger partial charge in [0.05, 0.1) is 4.90 Å². The molecule has 1 rings (SSSR count). The van der Waals surface area contributed by atoms with Crippen LogP contribution in [0.15, 0.2) is 41.8 Å². The summed E-state index contributed by atoms with van der Waals surface area (Å²) in [5.41, 5.74) is 0.928. The van der Waals surface area contributed by atoms with Gasteiger partial charge in [-0.2, -0.15) is 0 Å². The third kappa shape index (κ3) is 3.89. The highest BCUT2D eigenvalue weighted by Crippen LogP contribution is 2.10. The highest BCUT2D eigenvalue weighted by Gasteiger charge is 2.19. The van der Waals surface area contributed by atoms with Crippen molar-refractivity contribution in [2.75, 3.05) is 0 Å². The van der Waals surface area contributed by atoms with Gasteiger partial charge in [0.25, 0.3) is 10.0 Å². The lowest BCUT2D eigenvalue weighted by molar-refractivity contribution is 0.133. The molecule has 0 saturated heterocycles. The smallest absolute Gasteiger partial charge is 0.421 e. The monoisotopic (exact) mass is 269 g/mol. The Kier molecular flexibility index (Phi) is 4.49. The summed E-state index contributed by atoms with van der Waals surface area (Å²) in [5.74, 6) is 0. The minimum atomic E-state index is -3.89. The van der Waals surface area contributed by atoms with Gasteiger partial charge in [-0.25, -0.2) is 17.9 Å². The van der Waals surface area contributed by atoms with Crippen LogP contribution in [0.2, 0.25) is 0 Å². The zero-order valence-electron chi connectivity index (χ0n) is 10.2. The van der Waals surface area contributed by atoms with Gasteiger partial charge in [-0.1, -0.05) is 30.4 Å². The van der Waals surface area contributed by atoms with Crippen LogP contribution in [-0.4, -0.2) is 20.6 Å². The predicted octanol–water partition coefficient (Wildman–Crippen LogP) is 1.98. The molecule has 1 atom stereocenters. The predicted molar refractivity (Wildman–Crippen MR) is 67.6 cm³/mol. The van der Waals surface area contributed by atoms with E-state index in [0.29, 0.717) is 0 Å². The second-order valence-electron chi connectivity index (χ2n) is 3.76. The summed E-state index contributed by atoms with van der Waals surface area (Å²) in [6, 6.07) is 6.13. The number of hydrogen-bond donors (Lipinski definition) is 1. The summed E-state index contributed by atoms with van der Waals surface area (Å²) in [5, 5.41) is 0. The summed E-state index contributed by atoms with van der Waals surface area (Å²) >= 11 is 0. The van der Waals surface area contributed by atoms with Gasteiger partial charge in [0.2, 0.25) is 0 Å². The van der Waals surface area contributed by atoms with Crippen LogP contribution in [0.3, 0.4) is 0 Å². The molecule has 0 saturated carbocycles. The fourth-order valence-corrected chi connectivity index (χ4v) is 2.01. The normalized spacial score (nSPS) is 12.6. The number of ether oxygens (including phenoxy) is 1. The van der Waals surface area contributed by atoms with Crippen LogP contribution in [0.25, 0.3) is 0 Å². The first-order chi connectivity index (χ1) is 8.35. The van der Waals surface area contributed by atoms with Gasteiger partial charge in [-0.15, -0.1) is 0 Å². The van der Waals surface area contributed by atoms with E-state index < -0.39 is 22.2 Å². The van der Waals surface area contributed by atoms with Crippen LogP contribution in [0, 0.1) is 6.92 Å². The minimum Gasteiger partial charge on any atom is -0.442 e. The summed E-state index contributed by atoms with van der Waals surface area (Å²) < 4.78 is 30.1. The molecule has 0 aliphatic rings. The van der Waals surface area contributed by atoms with Gasteiger partial charge >= 0.3 is 6.09 Å². The first kappa shape index (κ1) is 14.2. The van der Waals surface area contributed by atoms with E-state index in [1.54, 1.807) is 19.1 Å². The topological polar surface area (TPSA) is 72.5 Å². The van der Waals surface area contributed by atoms with Crippen LogP contribution in [0.4, 0.5) is 4.79 Å². The molecule has 6 heteroatoms. The van der Waals surface area contributed by atoms with E-state index in [0.717, 1.165) is 5.56 Å². The Hall–Kier alpha value is -1.82. The zero-order chi connectivity index (χ0) is 13.8. The SMILES string of the molecule is C=C[C@H](C)OC(=O)NS(=O)(=O)c1ccc(C)cc1. The number of benzene rings is 1. The summed E-state index contributed by atoms with van der Waals surface area (Å²) in [6.07, 6.45) is -0.195. The van der Waals surface area contributed by atoms with E-state index >= 15 is 0 Å². The number of carbonyl (C=O) groups excluding carboxylic acids is 1. The van der Waals surface area contributed by atoms with Crippen molar-refractivity contribution in [2.24, 2.45) is 0 Å². The molecule has 0 fully saturated rings. The van der Waals surface area contributed by atoms with E-state index in [1.165, 1.54) is 18.2 Å². The molecule has 0 bridgehead atoms. The Labute approximate surface area is 107 Å². The molecule has 0 aliphatic carbocycles. The lowest BCUT2D eigenvalue weighted by Gasteiger charge is -2.10. The summed E-state index contributed by atoms with van der Waals surface area (Å²) in [4.78, 5) is 11.3. The lowest BCUT2D eigenvalue weighted by atomic mass is 10.2. The first-order valence-electron chi connectivity index (χ1n) is 5.28. The number of sulfonamides is 1. The van der Waals surface area contributed by atoms with E-state index in [2.05, 4.69) is 6.58 Å². The molecular formula is C12H15NO4S. The highest BCUT2D eigenvalue weighted by molar-refractivity contribution is 7.90. The largest absolute Gasteiger partial charge is 0.442 e. The molecule has 98 valence electrons. The second kappa shape index (κ2) is 5.68. The number of aryl methyl sites for hydroxylation is 1. The summed E-state index contributed by atoms with van der Waals surface area (Å²) in [6.45, 7) is 6.84. The van der Waals surface area contributed by atoms with E-state index in [4.69, 9.17) is 4.74 Å². The molecule has 0 radical (unpaired) electrons. The maximum Gasteiger partial charge on any atom is 0.421 e. The molecule has 0 aromatic heterocycles. The molecule has 0 unspecified atom stereocenters. The number of hydrogen-bond acceptors (Lipinski definition) is 4. The van der Waals surface area contributed by atoms with Crippen LogP contribution in [0.5, 0.6) is 0 Å². The lowest BCUT2D eigenvalue weighted by Crippen LogP contribution is -2.32. The number of amides is 1. The van der Waals surface area contributed by atoms with Gasteiger partial charge in [0.15, 0.2) is 0 Å². The summed E-state index contributed by atoms with van der Waals surface area (Å²) in [7, 11) is -3.89. The standard InChI is InChI=1S/C12H15NO4S/c1-4-10(3)17-12(14)13-18(15,16)11-7-5-9(2)6-8-11/h4-8,10H,1H2,2-3H3,(H,13,14)/t10-/m0/s1. The Balaban J connectivity index is 2.79. The van der Waals surface area contributed by atoms with Gasteiger partial charge in [0, 0.05) is 0 Å². The van der Waals surface area contributed by atoms with Crippen molar-refractivity contribution in [3.05, 3.63) is 42.5 Å². The fourth-order valence-electron chi connectivity index (χ4n) is 1.13. The Morgan fingerprint density at radius 1 is 1.39 bits per heavy atom. The van der Waals surface area contributed by atoms with Gasteiger partial charge in [0.1, 0.15) is 6.10 Å². The number of rotatable bonds is 4. The molecule has 18 heavy (non-hydrogen) atoms. The van der Waals surface area contributed by atoms with Gasteiger partial charge in [-0.3, -0.25) is 0 Å². The molecule has 1 N–H and O–H groups in total. The number of carbonyl (C=O) groups is 1. The first-order valence-corrected chi connectivity index (χ1v) is 6.76. The van der Waals surface area contributed by atoms with Crippen molar-refractivity contribution in [1.29, 1.82) is 0 Å². The molecule has 1 aromatic carbocycles. The van der Waals surface area contributed by atoms with Crippen LogP contribution in [0.1, 0.15) is 12.5 Å². The molecule has 1 aromatic rings. The van der Waals surface area contributed by atoms with Crippen molar-refractivity contribution in [3.8, 4) is 0 Å². The quantitative estimate of drug-likeness (QED) is 0.848. The maximum atomic E-state index is 11.8. The van der Waals surface area contributed by atoms with Crippen molar-refractivity contribution in [2.45, 2.75) is 24.8 Å². The van der Waals surface area contributed by atoms with Gasteiger partial charge < -0.3 is 4.74 Å².